The Morgan fingerprint density at radius 1 is 0.971 bits per heavy atom. The summed E-state index contributed by atoms with van der Waals surface area (Å²) in [5.74, 6) is 0.174. The van der Waals surface area contributed by atoms with Crippen LogP contribution in [0.3, 0.4) is 0 Å². The van der Waals surface area contributed by atoms with Gasteiger partial charge in [0.1, 0.15) is 11.5 Å². The van der Waals surface area contributed by atoms with Crippen LogP contribution < -0.4 is 5.32 Å². The van der Waals surface area contributed by atoms with Gasteiger partial charge in [0.2, 0.25) is 0 Å². The van der Waals surface area contributed by atoms with Crippen molar-refractivity contribution >= 4 is 27.8 Å². The molecule has 0 fully saturated rings. The summed E-state index contributed by atoms with van der Waals surface area (Å²) in [6, 6.07) is 13.0. The minimum Gasteiger partial charge on any atom is -0.382 e. The quantitative estimate of drug-likeness (QED) is 0.307. The highest BCUT2D eigenvalue weighted by Crippen LogP contribution is 2.34. The SMILES string of the molecule is CC(C)Nc1cncc(-c2cc3c(-c4nc5nccc(-c6ccccn6)c5[nH]4)n[nH]c3cc2F)c1. The number of rotatable bonds is 5. The summed E-state index contributed by atoms with van der Waals surface area (Å²) in [6.45, 7) is 4.08. The first-order valence-electron chi connectivity index (χ1n) is 11.2. The van der Waals surface area contributed by atoms with Gasteiger partial charge in [-0.15, -0.1) is 0 Å². The lowest BCUT2D eigenvalue weighted by molar-refractivity contribution is 0.632. The molecule has 0 aliphatic rings. The number of pyridine rings is 3. The van der Waals surface area contributed by atoms with Gasteiger partial charge in [-0.2, -0.15) is 5.10 Å². The summed E-state index contributed by atoms with van der Waals surface area (Å²) in [5, 5.41) is 11.4. The van der Waals surface area contributed by atoms with Crippen LogP contribution in [0, 0.1) is 5.82 Å². The second kappa shape index (κ2) is 8.28. The zero-order valence-electron chi connectivity index (χ0n) is 19.0. The summed E-state index contributed by atoms with van der Waals surface area (Å²) in [4.78, 5) is 21.2. The molecule has 1 aromatic carbocycles. The van der Waals surface area contributed by atoms with Crippen molar-refractivity contribution in [1.82, 2.24) is 35.1 Å². The van der Waals surface area contributed by atoms with Gasteiger partial charge in [0.05, 0.1) is 22.4 Å². The summed E-state index contributed by atoms with van der Waals surface area (Å²) in [7, 11) is 0. The van der Waals surface area contributed by atoms with Gasteiger partial charge in [-0.05, 0) is 44.2 Å². The molecule has 0 unspecified atom stereocenters. The Kier molecular flexibility index (Phi) is 4.95. The number of H-pyrrole nitrogens is 2. The molecule has 8 nitrogen and oxygen atoms in total. The Hall–Kier alpha value is -4.66. The number of benzene rings is 1. The number of hydrogen-bond donors (Lipinski definition) is 3. The topological polar surface area (TPSA) is 108 Å². The van der Waals surface area contributed by atoms with E-state index in [0.29, 0.717) is 33.8 Å². The predicted octanol–water partition coefficient (Wildman–Crippen LogP) is 5.58. The number of imidazole rings is 1. The van der Waals surface area contributed by atoms with E-state index in [2.05, 4.69) is 40.4 Å². The maximum atomic E-state index is 15.1. The lowest BCUT2D eigenvalue weighted by Crippen LogP contribution is -2.09. The van der Waals surface area contributed by atoms with Crippen LogP contribution in [0.15, 0.2) is 67.3 Å². The van der Waals surface area contributed by atoms with E-state index in [0.717, 1.165) is 27.8 Å². The maximum Gasteiger partial charge on any atom is 0.178 e. The molecule has 0 saturated heterocycles. The molecule has 9 heteroatoms. The van der Waals surface area contributed by atoms with E-state index in [4.69, 9.17) is 0 Å². The van der Waals surface area contributed by atoms with Crippen molar-refractivity contribution in [2.24, 2.45) is 0 Å². The highest BCUT2D eigenvalue weighted by Gasteiger charge is 2.18. The van der Waals surface area contributed by atoms with E-state index < -0.39 is 0 Å². The lowest BCUT2D eigenvalue weighted by atomic mass is 10.0. The molecule has 35 heavy (non-hydrogen) atoms. The first kappa shape index (κ1) is 20.9. The minimum atomic E-state index is -0.361. The largest absolute Gasteiger partial charge is 0.382 e. The number of aromatic amines is 2. The number of hydrogen-bond acceptors (Lipinski definition) is 6. The Morgan fingerprint density at radius 3 is 2.71 bits per heavy atom. The molecule has 0 spiro atoms. The molecule has 3 N–H and O–H groups in total. The fourth-order valence-electron chi connectivity index (χ4n) is 4.20. The average molecular weight is 465 g/mol. The van der Waals surface area contributed by atoms with Crippen molar-refractivity contribution < 1.29 is 4.39 Å². The molecule has 0 aliphatic carbocycles. The zero-order chi connectivity index (χ0) is 23.9. The minimum absolute atomic E-state index is 0.234. The van der Waals surface area contributed by atoms with Crippen LogP contribution in [0.5, 0.6) is 0 Å². The third kappa shape index (κ3) is 3.76. The van der Waals surface area contributed by atoms with Crippen molar-refractivity contribution in [2.45, 2.75) is 19.9 Å². The molecule has 0 bridgehead atoms. The molecule has 0 aliphatic heterocycles. The average Bonchev–Trinajstić information content (AvgIpc) is 3.47. The summed E-state index contributed by atoms with van der Waals surface area (Å²) in [6.07, 6.45) is 6.83. The van der Waals surface area contributed by atoms with Gasteiger partial charge >= 0.3 is 0 Å². The molecular formula is C26H21FN8. The van der Waals surface area contributed by atoms with Crippen LogP contribution in [0.25, 0.3) is 56.0 Å². The molecule has 5 aromatic heterocycles. The van der Waals surface area contributed by atoms with Gasteiger partial charge in [0.15, 0.2) is 11.5 Å². The lowest BCUT2D eigenvalue weighted by Gasteiger charge is -2.11. The number of nitrogens with zero attached hydrogens (tertiary/aromatic N) is 5. The van der Waals surface area contributed by atoms with Crippen LogP contribution in [-0.4, -0.2) is 41.2 Å². The van der Waals surface area contributed by atoms with Gasteiger partial charge in [-0.25, -0.2) is 14.4 Å². The van der Waals surface area contributed by atoms with Crippen molar-refractivity contribution in [2.75, 3.05) is 5.32 Å². The van der Waals surface area contributed by atoms with Crippen LogP contribution in [0.2, 0.25) is 0 Å². The van der Waals surface area contributed by atoms with E-state index in [1.54, 1.807) is 30.9 Å². The normalized spacial score (nSPS) is 11.5. The third-order valence-electron chi connectivity index (χ3n) is 5.71. The standard InChI is InChI=1S/C26H21FN8/c1-14(2)31-16-9-15(12-28-13-16)18-10-19-22(11-20(18)27)34-35-24(19)26-32-23-17(6-8-30-25(23)33-26)21-5-3-4-7-29-21/h3-14,31H,1-2H3,(H,34,35)(H,30,32,33). The van der Waals surface area contributed by atoms with E-state index in [1.165, 1.54) is 6.07 Å². The first-order chi connectivity index (χ1) is 17.1. The van der Waals surface area contributed by atoms with Crippen molar-refractivity contribution in [3.8, 4) is 33.9 Å². The predicted molar refractivity (Wildman–Crippen MR) is 134 cm³/mol. The van der Waals surface area contributed by atoms with Gasteiger partial charge in [0.25, 0.3) is 0 Å². The van der Waals surface area contributed by atoms with Crippen LogP contribution >= 0.6 is 0 Å². The van der Waals surface area contributed by atoms with Gasteiger partial charge < -0.3 is 10.3 Å². The Balaban J connectivity index is 1.48. The second-order valence-corrected chi connectivity index (χ2v) is 8.57. The molecule has 0 amide bonds. The zero-order valence-corrected chi connectivity index (χ0v) is 19.0. The van der Waals surface area contributed by atoms with Crippen molar-refractivity contribution in [1.29, 1.82) is 0 Å². The number of halogens is 1. The fraction of sp³-hybridized carbons (Fsp3) is 0.115. The Labute approximate surface area is 199 Å². The number of anilines is 1. The van der Waals surface area contributed by atoms with Gasteiger partial charge in [0, 0.05) is 59.0 Å². The number of fused-ring (bicyclic) bond motifs is 2. The highest BCUT2D eigenvalue weighted by atomic mass is 19.1. The molecule has 172 valence electrons. The molecule has 5 heterocycles. The Morgan fingerprint density at radius 2 is 1.89 bits per heavy atom. The van der Waals surface area contributed by atoms with Gasteiger partial charge in [-0.1, -0.05) is 6.07 Å². The van der Waals surface area contributed by atoms with Gasteiger partial charge in [-0.3, -0.25) is 15.1 Å². The molecule has 0 saturated carbocycles. The van der Waals surface area contributed by atoms with E-state index in [9.17, 15) is 0 Å². The fourth-order valence-corrected chi connectivity index (χ4v) is 4.20. The molecule has 6 rings (SSSR count). The van der Waals surface area contributed by atoms with E-state index in [-0.39, 0.29) is 11.9 Å². The third-order valence-corrected chi connectivity index (χ3v) is 5.71. The maximum absolute atomic E-state index is 15.1. The Bertz CT molecular complexity index is 1670. The monoisotopic (exact) mass is 464 g/mol. The number of nitrogens with one attached hydrogen (secondary N) is 3. The molecule has 6 aromatic rings. The first-order valence-corrected chi connectivity index (χ1v) is 11.2. The summed E-state index contributed by atoms with van der Waals surface area (Å²) in [5.41, 5.74) is 6.11. The molecule has 0 radical (unpaired) electrons. The van der Waals surface area contributed by atoms with Crippen molar-refractivity contribution in [3.63, 3.8) is 0 Å². The summed E-state index contributed by atoms with van der Waals surface area (Å²) >= 11 is 0. The molecule has 0 atom stereocenters. The van der Waals surface area contributed by atoms with E-state index in [1.807, 2.05) is 44.2 Å². The van der Waals surface area contributed by atoms with Crippen LogP contribution in [0.4, 0.5) is 10.1 Å². The molecular weight excluding hydrogens is 443 g/mol. The van der Waals surface area contributed by atoms with Crippen LogP contribution in [0.1, 0.15) is 13.8 Å². The second-order valence-electron chi connectivity index (χ2n) is 8.57. The van der Waals surface area contributed by atoms with Crippen molar-refractivity contribution in [3.05, 3.63) is 73.1 Å². The smallest absolute Gasteiger partial charge is 0.178 e. The van der Waals surface area contributed by atoms with E-state index >= 15 is 4.39 Å². The van der Waals surface area contributed by atoms with Crippen LogP contribution in [-0.2, 0) is 0 Å². The highest BCUT2D eigenvalue weighted by molar-refractivity contribution is 5.97. The summed E-state index contributed by atoms with van der Waals surface area (Å²) < 4.78 is 15.1. The number of aromatic nitrogens is 7.